The molecule has 0 saturated heterocycles. The summed E-state index contributed by atoms with van der Waals surface area (Å²) >= 11 is 12.5. The second kappa shape index (κ2) is 4.64. The highest BCUT2D eigenvalue weighted by Crippen LogP contribution is 2.35. The Balaban J connectivity index is 2.30. The van der Waals surface area contributed by atoms with Gasteiger partial charge in [-0.25, -0.2) is 0 Å². The average molecular weight is 272 g/mol. The lowest BCUT2D eigenvalue weighted by Gasteiger charge is -2.08. The molecule has 0 nitrogen and oxygen atoms in total. The van der Waals surface area contributed by atoms with Gasteiger partial charge in [0.2, 0.25) is 0 Å². The number of halogens is 2. The Bertz CT molecular complexity index is 717. The van der Waals surface area contributed by atoms with Crippen molar-refractivity contribution in [1.29, 1.82) is 0 Å². The van der Waals surface area contributed by atoms with Crippen LogP contribution >= 0.6 is 23.2 Å². The zero-order valence-electron chi connectivity index (χ0n) is 9.45. The van der Waals surface area contributed by atoms with E-state index in [0.29, 0.717) is 10.0 Å². The van der Waals surface area contributed by atoms with Crippen LogP contribution in [-0.2, 0) is 0 Å². The van der Waals surface area contributed by atoms with E-state index < -0.39 is 0 Å². The fraction of sp³-hybridized carbons (Fsp3) is 0. The number of hydrogen-bond acceptors (Lipinski definition) is 0. The van der Waals surface area contributed by atoms with Crippen LogP contribution in [0.5, 0.6) is 0 Å². The highest BCUT2D eigenvalue weighted by atomic mass is 35.5. The maximum atomic E-state index is 6.30. The highest BCUT2D eigenvalue weighted by Gasteiger charge is 2.08. The van der Waals surface area contributed by atoms with Crippen molar-refractivity contribution < 1.29 is 0 Å². The van der Waals surface area contributed by atoms with Crippen molar-refractivity contribution in [2.75, 3.05) is 0 Å². The molecule has 1 radical (unpaired) electrons. The van der Waals surface area contributed by atoms with E-state index in [1.165, 1.54) is 0 Å². The third-order valence-electron chi connectivity index (χ3n) is 2.91. The topological polar surface area (TPSA) is 0 Å². The predicted octanol–water partition coefficient (Wildman–Crippen LogP) is 5.61. The number of benzene rings is 3. The Morgan fingerprint density at radius 2 is 1.50 bits per heavy atom. The highest BCUT2D eigenvalue weighted by molar-refractivity contribution is 6.37. The van der Waals surface area contributed by atoms with Crippen molar-refractivity contribution >= 4 is 34.0 Å². The molecule has 3 rings (SSSR count). The average Bonchev–Trinajstić information content (AvgIpc) is 2.39. The molecule has 0 spiro atoms. The first kappa shape index (κ1) is 11.6. The zero-order valence-corrected chi connectivity index (χ0v) is 11.0. The third kappa shape index (κ3) is 1.98. The minimum atomic E-state index is 0.599. The fourth-order valence-corrected chi connectivity index (χ4v) is 2.51. The summed E-state index contributed by atoms with van der Waals surface area (Å²) in [5.41, 5.74) is 1.85. The van der Waals surface area contributed by atoms with Crippen molar-refractivity contribution in [3.63, 3.8) is 0 Å². The Morgan fingerprint density at radius 3 is 2.33 bits per heavy atom. The molecule has 18 heavy (non-hydrogen) atoms. The molecule has 87 valence electrons. The molecule has 0 fully saturated rings. The summed E-state index contributed by atoms with van der Waals surface area (Å²) in [5.74, 6) is 0. The van der Waals surface area contributed by atoms with Crippen LogP contribution in [0.1, 0.15) is 0 Å². The van der Waals surface area contributed by atoms with E-state index in [1.54, 1.807) is 0 Å². The first-order chi connectivity index (χ1) is 8.75. The molecular weight excluding hydrogens is 263 g/mol. The van der Waals surface area contributed by atoms with E-state index in [-0.39, 0.29) is 0 Å². The van der Waals surface area contributed by atoms with Crippen LogP contribution in [0.25, 0.3) is 21.9 Å². The number of hydrogen-bond donors (Lipinski definition) is 0. The van der Waals surface area contributed by atoms with Gasteiger partial charge >= 0.3 is 0 Å². The summed E-state index contributed by atoms with van der Waals surface area (Å²) < 4.78 is 0. The largest absolute Gasteiger partial charge is 0.0837 e. The second-order valence-corrected chi connectivity index (χ2v) is 4.85. The summed E-state index contributed by atoms with van der Waals surface area (Å²) in [4.78, 5) is 0. The lowest BCUT2D eigenvalue weighted by atomic mass is 10.0. The minimum absolute atomic E-state index is 0.599. The van der Waals surface area contributed by atoms with Crippen molar-refractivity contribution in [2.45, 2.75) is 0 Å². The molecule has 0 N–H and O–H groups in total. The Kier molecular flexibility index (Phi) is 2.99. The smallest absolute Gasteiger partial charge is 0.0570 e. The van der Waals surface area contributed by atoms with E-state index in [1.807, 2.05) is 48.5 Å². The molecule has 3 aromatic carbocycles. The zero-order chi connectivity index (χ0) is 12.5. The van der Waals surface area contributed by atoms with Gasteiger partial charge in [0.15, 0.2) is 0 Å². The molecule has 2 heteroatoms. The van der Waals surface area contributed by atoms with Gasteiger partial charge in [0.1, 0.15) is 0 Å². The van der Waals surface area contributed by atoms with Crippen LogP contribution in [0.4, 0.5) is 0 Å². The van der Waals surface area contributed by atoms with Crippen LogP contribution in [0, 0.1) is 6.07 Å². The van der Waals surface area contributed by atoms with Crippen molar-refractivity contribution in [1.82, 2.24) is 0 Å². The molecule has 0 unspecified atom stereocenters. The van der Waals surface area contributed by atoms with Gasteiger partial charge in [-0.05, 0) is 22.9 Å². The number of rotatable bonds is 1. The molecule has 0 aromatic heterocycles. The summed E-state index contributed by atoms with van der Waals surface area (Å²) in [6.45, 7) is 0. The van der Waals surface area contributed by atoms with E-state index in [2.05, 4.69) is 12.1 Å². The van der Waals surface area contributed by atoms with Crippen molar-refractivity contribution in [3.05, 3.63) is 70.7 Å². The van der Waals surface area contributed by atoms with Gasteiger partial charge in [-0.15, -0.1) is 0 Å². The van der Waals surface area contributed by atoms with Gasteiger partial charge in [-0.1, -0.05) is 65.7 Å². The minimum Gasteiger partial charge on any atom is -0.0837 e. The van der Waals surface area contributed by atoms with Crippen molar-refractivity contribution in [2.24, 2.45) is 0 Å². The van der Waals surface area contributed by atoms with Gasteiger partial charge < -0.3 is 0 Å². The molecule has 0 amide bonds. The molecule has 0 aliphatic heterocycles. The monoisotopic (exact) mass is 271 g/mol. The lowest BCUT2D eigenvalue weighted by Crippen LogP contribution is -1.83. The van der Waals surface area contributed by atoms with Gasteiger partial charge in [-0.3, -0.25) is 0 Å². The Morgan fingerprint density at radius 1 is 0.778 bits per heavy atom. The maximum absolute atomic E-state index is 6.30. The second-order valence-electron chi connectivity index (χ2n) is 4.06. The maximum Gasteiger partial charge on any atom is 0.0570 e. The van der Waals surface area contributed by atoms with Crippen LogP contribution in [0.15, 0.2) is 54.6 Å². The van der Waals surface area contributed by atoms with Gasteiger partial charge in [0, 0.05) is 22.2 Å². The van der Waals surface area contributed by atoms with Crippen molar-refractivity contribution in [3.8, 4) is 11.1 Å². The molecular formula is C16H9Cl2. The fourth-order valence-electron chi connectivity index (χ4n) is 2.02. The number of fused-ring (bicyclic) bond motifs is 1. The van der Waals surface area contributed by atoms with E-state index >= 15 is 0 Å². The van der Waals surface area contributed by atoms with Crippen LogP contribution in [-0.4, -0.2) is 0 Å². The van der Waals surface area contributed by atoms with Crippen LogP contribution in [0.3, 0.4) is 0 Å². The van der Waals surface area contributed by atoms with Gasteiger partial charge in [0.25, 0.3) is 0 Å². The molecule has 0 atom stereocenters. The third-order valence-corrected chi connectivity index (χ3v) is 3.53. The quantitative estimate of drug-likeness (QED) is 0.539. The SMILES string of the molecule is Clc1[c]c2ccccc2cc1-c1ccccc1Cl. The predicted molar refractivity (Wildman–Crippen MR) is 78.2 cm³/mol. The van der Waals surface area contributed by atoms with Gasteiger partial charge in [-0.2, -0.15) is 0 Å². The summed E-state index contributed by atoms with van der Waals surface area (Å²) in [7, 11) is 0. The summed E-state index contributed by atoms with van der Waals surface area (Å²) in [6, 6.07) is 20.9. The van der Waals surface area contributed by atoms with E-state index in [0.717, 1.165) is 21.9 Å². The molecule has 0 aliphatic rings. The summed E-state index contributed by atoms with van der Waals surface area (Å²) in [5, 5.41) is 3.42. The molecule has 0 heterocycles. The molecule has 0 aliphatic carbocycles. The lowest BCUT2D eigenvalue weighted by molar-refractivity contribution is 1.63. The first-order valence-corrected chi connectivity index (χ1v) is 6.37. The Labute approximate surface area is 116 Å². The Hall–Kier alpha value is -1.50. The van der Waals surface area contributed by atoms with E-state index in [9.17, 15) is 0 Å². The summed E-state index contributed by atoms with van der Waals surface area (Å²) in [6.07, 6.45) is 0. The molecule has 0 saturated carbocycles. The van der Waals surface area contributed by atoms with Crippen LogP contribution in [0.2, 0.25) is 10.0 Å². The molecule has 0 bridgehead atoms. The standard InChI is InChI=1S/C16H9Cl2/c17-15-8-4-3-7-13(15)14-9-11-5-1-2-6-12(11)10-16(14)18/h1-9H. The van der Waals surface area contributed by atoms with E-state index in [4.69, 9.17) is 23.2 Å². The first-order valence-electron chi connectivity index (χ1n) is 5.61. The van der Waals surface area contributed by atoms with Gasteiger partial charge in [0.05, 0.1) is 5.02 Å². The normalized spacial score (nSPS) is 10.8. The van der Waals surface area contributed by atoms with Crippen LogP contribution < -0.4 is 0 Å². The molecule has 3 aromatic rings.